The molecule has 5 N–H and O–H groups in total. The van der Waals surface area contributed by atoms with E-state index in [1.54, 1.807) is 0 Å². The molecular formula is C10H8ClN5O3. The Balaban J connectivity index is 2.18. The molecule has 1 aromatic heterocycles. The maximum absolute atomic E-state index is 11.7. The molecule has 2 rings (SSSR count). The Morgan fingerprint density at radius 3 is 2.68 bits per heavy atom. The summed E-state index contributed by atoms with van der Waals surface area (Å²) < 4.78 is 0. The van der Waals surface area contributed by atoms with Crippen molar-refractivity contribution in [2.24, 2.45) is 0 Å². The van der Waals surface area contributed by atoms with Gasteiger partial charge in [-0.1, -0.05) is 11.6 Å². The van der Waals surface area contributed by atoms with Crippen LogP contribution in [0.4, 0.5) is 11.6 Å². The number of carboxylic acid groups (broad SMARTS) is 1. The molecule has 0 saturated heterocycles. The average molecular weight is 282 g/mol. The summed E-state index contributed by atoms with van der Waals surface area (Å²) in [4.78, 5) is 26.1. The number of nitrogen functional groups attached to an aromatic ring is 1. The van der Waals surface area contributed by atoms with Gasteiger partial charge in [0.2, 0.25) is 11.8 Å². The van der Waals surface area contributed by atoms with Crippen molar-refractivity contribution in [3.63, 3.8) is 0 Å². The summed E-state index contributed by atoms with van der Waals surface area (Å²) in [6.07, 6.45) is 0. The van der Waals surface area contributed by atoms with Crippen molar-refractivity contribution in [3.05, 3.63) is 34.6 Å². The van der Waals surface area contributed by atoms with Crippen LogP contribution in [0.5, 0.6) is 0 Å². The standard InChI is InChI=1S/C10H8ClN5O3/c11-6-3-4(1-2-5(6)9(18)19)13-8(17)7-14-10(12)16-15-7/h1-3H,(H,13,17)(H,18,19)(H3,12,14,15,16). The summed E-state index contributed by atoms with van der Waals surface area (Å²) in [7, 11) is 0. The lowest BCUT2D eigenvalue weighted by atomic mass is 10.2. The van der Waals surface area contributed by atoms with Gasteiger partial charge in [-0.3, -0.25) is 9.89 Å². The second kappa shape index (κ2) is 4.94. The molecule has 1 heterocycles. The van der Waals surface area contributed by atoms with E-state index in [1.165, 1.54) is 18.2 Å². The molecule has 0 radical (unpaired) electrons. The number of aromatic carboxylic acids is 1. The maximum Gasteiger partial charge on any atom is 0.337 e. The molecule has 0 aliphatic rings. The SMILES string of the molecule is Nc1n[nH]c(C(=O)Nc2ccc(C(=O)O)c(Cl)c2)n1. The number of carbonyl (C=O) groups excluding carboxylic acids is 1. The predicted octanol–water partition coefficient (Wildman–Crippen LogP) is 0.991. The van der Waals surface area contributed by atoms with E-state index in [9.17, 15) is 9.59 Å². The number of hydrogen-bond acceptors (Lipinski definition) is 5. The molecule has 0 saturated carbocycles. The van der Waals surface area contributed by atoms with Crippen molar-refractivity contribution < 1.29 is 14.7 Å². The monoisotopic (exact) mass is 281 g/mol. The topological polar surface area (TPSA) is 134 Å². The second-order valence-electron chi connectivity index (χ2n) is 3.50. The number of amides is 1. The van der Waals surface area contributed by atoms with Crippen molar-refractivity contribution in [2.45, 2.75) is 0 Å². The van der Waals surface area contributed by atoms with Crippen LogP contribution >= 0.6 is 11.6 Å². The zero-order chi connectivity index (χ0) is 14.0. The molecule has 1 amide bonds. The number of benzene rings is 1. The largest absolute Gasteiger partial charge is 0.478 e. The molecule has 0 unspecified atom stereocenters. The maximum atomic E-state index is 11.7. The first-order chi connectivity index (χ1) is 8.97. The number of nitrogens with one attached hydrogen (secondary N) is 2. The van der Waals surface area contributed by atoms with Crippen molar-refractivity contribution in [2.75, 3.05) is 11.1 Å². The van der Waals surface area contributed by atoms with Crippen molar-refractivity contribution in [1.29, 1.82) is 0 Å². The third kappa shape index (κ3) is 2.80. The number of aromatic nitrogens is 3. The minimum atomic E-state index is -1.15. The molecule has 0 bridgehead atoms. The van der Waals surface area contributed by atoms with E-state index in [2.05, 4.69) is 20.5 Å². The van der Waals surface area contributed by atoms with Gasteiger partial charge in [-0.25, -0.2) is 4.79 Å². The van der Waals surface area contributed by atoms with Gasteiger partial charge in [-0.2, -0.15) is 4.98 Å². The lowest BCUT2D eigenvalue weighted by Crippen LogP contribution is -2.14. The Bertz CT molecular complexity index is 654. The summed E-state index contributed by atoms with van der Waals surface area (Å²) in [6, 6.07) is 4.02. The molecular weight excluding hydrogens is 274 g/mol. The lowest BCUT2D eigenvalue weighted by Gasteiger charge is -2.05. The Morgan fingerprint density at radius 2 is 2.16 bits per heavy atom. The number of carbonyl (C=O) groups is 2. The molecule has 0 spiro atoms. The Morgan fingerprint density at radius 1 is 1.42 bits per heavy atom. The molecule has 2 aromatic rings. The highest BCUT2D eigenvalue weighted by molar-refractivity contribution is 6.33. The second-order valence-corrected chi connectivity index (χ2v) is 3.90. The van der Waals surface area contributed by atoms with Gasteiger partial charge in [0.25, 0.3) is 5.91 Å². The molecule has 9 heteroatoms. The smallest absolute Gasteiger partial charge is 0.337 e. The molecule has 8 nitrogen and oxygen atoms in total. The number of rotatable bonds is 3. The van der Waals surface area contributed by atoms with Crippen molar-refractivity contribution in [3.8, 4) is 0 Å². The van der Waals surface area contributed by atoms with Gasteiger partial charge >= 0.3 is 5.97 Å². The highest BCUT2D eigenvalue weighted by Crippen LogP contribution is 2.21. The zero-order valence-corrected chi connectivity index (χ0v) is 10.1. The van der Waals surface area contributed by atoms with Gasteiger partial charge in [0, 0.05) is 5.69 Å². The minimum Gasteiger partial charge on any atom is -0.478 e. The zero-order valence-electron chi connectivity index (χ0n) is 9.35. The van der Waals surface area contributed by atoms with E-state index in [-0.39, 0.29) is 22.4 Å². The number of hydrogen-bond donors (Lipinski definition) is 4. The molecule has 0 atom stereocenters. The van der Waals surface area contributed by atoms with Crippen LogP contribution < -0.4 is 11.1 Å². The molecule has 0 aliphatic carbocycles. The molecule has 0 fully saturated rings. The molecule has 1 aromatic carbocycles. The Labute approximate surface area is 111 Å². The summed E-state index contributed by atoms with van der Waals surface area (Å²) in [6.45, 7) is 0. The average Bonchev–Trinajstić information content (AvgIpc) is 2.75. The fraction of sp³-hybridized carbons (Fsp3) is 0. The van der Waals surface area contributed by atoms with Crippen LogP contribution in [0, 0.1) is 0 Å². The summed E-state index contributed by atoms with van der Waals surface area (Å²) in [5.74, 6) is -1.82. The highest BCUT2D eigenvalue weighted by atomic mass is 35.5. The van der Waals surface area contributed by atoms with Gasteiger partial charge in [0.1, 0.15) is 0 Å². The van der Waals surface area contributed by atoms with Gasteiger partial charge in [-0.15, -0.1) is 5.10 Å². The predicted molar refractivity (Wildman–Crippen MR) is 67.2 cm³/mol. The van der Waals surface area contributed by atoms with Crippen molar-refractivity contribution in [1.82, 2.24) is 15.2 Å². The lowest BCUT2D eigenvalue weighted by molar-refractivity contribution is 0.0697. The van der Waals surface area contributed by atoms with Crippen LogP contribution in [0.25, 0.3) is 0 Å². The Hall–Kier alpha value is -2.61. The fourth-order valence-corrected chi connectivity index (χ4v) is 1.59. The molecule has 0 aliphatic heterocycles. The summed E-state index contributed by atoms with van der Waals surface area (Å²) in [5, 5.41) is 17.2. The highest BCUT2D eigenvalue weighted by Gasteiger charge is 2.13. The number of carboxylic acids is 1. The Kier molecular flexibility index (Phi) is 3.34. The number of nitrogens with zero attached hydrogens (tertiary/aromatic N) is 2. The number of aromatic amines is 1. The number of halogens is 1. The first-order valence-electron chi connectivity index (χ1n) is 4.99. The van der Waals surface area contributed by atoms with Gasteiger partial charge in [0.05, 0.1) is 10.6 Å². The number of nitrogens with two attached hydrogens (primary N) is 1. The van der Waals surface area contributed by atoms with Crippen LogP contribution in [0.1, 0.15) is 21.0 Å². The summed E-state index contributed by atoms with van der Waals surface area (Å²) >= 11 is 5.77. The van der Waals surface area contributed by atoms with Gasteiger partial charge in [0.15, 0.2) is 0 Å². The van der Waals surface area contributed by atoms with E-state index >= 15 is 0 Å². The third-order valence-corrected chi connectivity index (χ3v) is 2.49. The fourth-order valence-electron chi connectivity index (χ4n) is 1.33. The first-order valence-corrected chi connectivity index (χ1v) is 5.37. The van der Waals surface area contributed by atoms with Crippen LogP contribution in [0.15, 0.2) is 18.2 Å². The number of anilines is 2. The quantitative estimate of drug-likeness (QED) is 0.663. The van der Waals surface area contributed by atoms with E-state index < -0.39 is 11.9 Å². The van der Waals surface area contributed by atoms with E-state index in [0.29, 0.717) is 5.69 Å². The molecule has 98 valence electrons. The first kappa shape index (κ1) is 12.8. The minimum absolute atomic E-state index is 0.0161. The van der Waals surface area contributed by atoms with Gasteiger partial charge < -0.3 is 16.2 Å². The van der Waals surface area contributed by atoms with Crippen molar-refractivity contribution >= 4 is 35.1 Å². The van der Waals surface area contributed by atoms with Gasteiger partial charge in [-0.05, 0) is 18.2 Å². The normalized spacial score (nSPS) is 10.2. The van der Waals surface area contributed by atoms with E-state index in [0.717, 1.165) is 0 Å². The van der Waals surface area contributed by atoms with Crippen LogP contribution in [0.3, 0.4) is 0 Å². The third-order valence-electron chi connectivity index (χ3n) is 2.18. The van der Waals surface area contributed by atoms with Crippen LogP contribution in [-0.4, -0.2) is 32.2 Å². The summed E-state index contributed by atoms with van der Waals surface area (Å²) in [5.41, 5.74) is 5.54. The molecule has 19 heavy (non-hydrogen) atoms. The van der Waals surface area contributed by atoms with Crippen LogP contribution in [-0.2, 0) is 0 Å². The van der Waals surface area contributed by atoms with E-state index in [1.807, 2.05) is 0 Å². The van der Waals surface area contributed by atoms with Crippen LogP contribution in [0.2, 0.25) is 5.02 Å². The number of H-pyrrole nitrogens is 1. The van der Waals surface area contributed by atoms with E-state index in [4.69, 9.17) is 22.4 Å².